The third kappa shape index (κ3) is 3.74. The number of furan rings is 1. The first-order chi connectivity index (χ1) is 13.1. The van der Waals surface area contributed by atoms with Crippen molar-refractivity contribution in [2.75, 3.05) is 5.43 Å². The first-order valence-electron chi connectivity index (χ1n) is 7.79. The Morgan fingerprint density at radius 3 is 2.89 bits per heavy atom. The van der Waals surface area contributed by atoms with Crippen LogP contribution in [0.2, 0.25) is 0 Å². The van der Waals surface area contributed by atoms with Crippen molar-refractivity contribution in [1.82, 2.24) is 4.98 Å². The summed E-state index contributed by atoms with van der Waals surface area (Å²) in [4.78, 5) is 15.2. The van der Waals surface area contributed by atoms with Crippen LogP contribution in [0.5, 0.6) is 0 Å². The molecule has 9 heteroatoms. The molecule has 2 aromatic heterocycles. The number of nitrogens with one attached hydrogen (secondary N) is 1. The van der Waals surface area contributed by atoms with Crippen LogP contribution in [0.25, 0.3) is 21.5 Å². The molecule has 1 N–H and O–H groups in total. The second kappa shape index (κ2) is 7.29. The van der Waals surface area contributed by atoms with Gasteiger partial charge in [-0.05, 0) is 36.4 Å². The monoisotopic (exact) mass is 442 g/mol. The lowest BCUT2D eigenvalue weighted by atomic mass is 10.1. The third-order valence-electron chi connectivity index (χ3n) is 3.69. The number of anilines is 1. The van der Waals surface area contributed by atoms with E-state index in [-0.39, 0.29) is 5.69 Å². The molecule has 0 saturated carbocycles. The van der Waals surface area contributed by atoms with E-state index in [9.17, 15) is 10.1 Å². The van der Waals surface area contributed by atoms with E-state index in [1.165, 1.54) is 23.6 Å². The Bertz CT molecular complexity index is 1140. The van der Waals surface area contributed by atoms with Crippen molar-refractivity contribution in [2.24, 2.45) is 5.10 Å². The minimum Gasteiger partial charge on any atom is -0.455 e. The molecule has 4 aromatic rings. The number of hydrogen-bond donors (Lipinski definition) is 1. The molecular weight excluding hydrogens is 432 g/mol. The molecule has 0 saturated heterocycles. The van der Waals surface area contributed by atoms with Crippen LogP contribution in [0.4, 0.5) is 10.8 Å². The van der Waals surface area contributed by atoms with Crippen LogP contribution in [0, 0.1) is 10.1 Å². The van der Waals surface area contributed by atoms with Crippen molar-refractivity contribution >= 4 is 54.5 Å². The molecule has 0 aliphatic carbocycles. The summed E-state index contributed by atoms with van der Waals surface area (Å²) in [6.45, 7) is 0. The minimum atomic E-state index is -0.439. The first-order valence-corrected chi connectivity index (χ1v) is 9.40. The molecule has 0 radical (unpaired) electrons. The van der Waals surface area contributed by atoms with E-state index in [1.54, 1.807) is 24.3 Å². The summed E-state index contributed by atoms with van der Waals surface area (Å²) in [5, 5.41) is 16.1. The zero-order valence-electron chi connectivity index (χ0n) is 13.6. The summed E-state index contributed by atoms with van der Waals surface area (Å²) in [5.41, 5.74) is 4.15. The highest BCUT2D eigenvalue weighted by molar-refractivity contribution is 9.10. The van der Waals surface area contributed by atoms with Crippen LogP contribution in [0.15, 0.2) is 68.6 Å². The number of nitro benzene ring substituents is 1. The third-order valence-corrected chi connectivity index (χ3v) is 5.13. The Labute approximate surface area is 165 Å². The molecule has 2 heterocycles. The van der Waals surface area contributed by atoms with Gasteiger partial charge < -0.3 is 4.42 Å². The van der Waals surface area contributed by atoms with Gasteiger partial charge in [0.1, 0.15) is 11.5 Å². The Morgan fingerprint density at radius 1 is 1.22 bits per heavy atom. The Morgan fingerprint density at radius 2 is 2.07 bits per heavy atom. The highest BCUT2D eigenvalue weighted by Crippen LogP contribution is 2.33. The van der Waals surface area contributed by atoms with Crippen LogP contribution in [-0.2, 0) is 0 Å². The highest BCUT2D eigenvalue weighted by Gasteiger charge is 2.18. The van der Waals surface area contributed by atoms with E-state index < -0.39 is 4.92 Å². The predicted octanol–water partition coefficient (Wildman–Crippen LogP) is 5.67. The minimum absolute atomic E-state index is 0.0326. The van der Waals surface area contributed by atoms with Crippen molar-refractivity contribution in [2.45, 2.75) is 0 Å². The van der Waals surface area contributed by atoms with Crippen LogP contribution >= 0.6 is 27.3 Å². The average molecular weight is 443 g/mol. The largest absolute Gasteiger partial charge is 0.455 e. The van der Waals surface area contributed by atoms with Crippen LogP contribution in [0.1, 0.15) is 5.76 Å². The number of benzene rings is 2. The predicted molar refractivity (Wildman–Crippen MR) is 109 cm³/mol. The van der Waals surface area contributed by atoms with Gasteiger partial charge in [0.05, 0.1) is 26.9 Å². The average Bonchev–Trinajstić information content (AvgIpc) is 3.28. The van der Waals surface area contributed by atoms with Crippen molar-refractivity contribution in [1.29, 1.82) is 0 Å². The van der Waals surface area contributed by atoms with Gasteiger partial charge in [-0.1, -0.05) is 39.4 Å². The number of hydrazone groups is 1. The van der Waals surface area contributed by atoms with Gasteiger partial charge in [0, 0.05) is 10.5 Å². The fraction of sp³-hybridized carbons (Fsp3) is 0. The second-order valence-electron chi connectivity index (χ2n) is 5.48. The van der Waals surface area contributed by atoms with Gasteiger partial charge in [-0.3, -0.25) is 15.5 Å². The molecule has 0 aliphatic rings. The molecule has 7 nitrogen and oxygen atoms in total. The Balaban J connectivity index is 1.53. The topological polar surface area (TPSA) is 93.6 Å². The fourth-order valence-corrected chi connectivity index (χ4v) is 3.67. The molecule has 27 heavy (non-hydrogen) atoms. The number of thiazole rings is 1. The van der Waals surface area contributed by atoms with Crippen molar-refractivity contribution in [3.05, 3.63) is 74.9 Å². The van der Waals surface area contributed by atoms with Gasteiger partial charge in [-0.15, -0.1) is 0 Å². The molecule has 0 atom stereocenters. The maximum Gasteiger partial charge on any atom is 0.281 e. The van der Waals surface area contributed by atoms with Gasteiger partial charge >= 0.3 is 0 Å². The van der Waals surface area contributed by atoms with Crippen LogP contribution in [0.3, 0.4) is 0 Å². The van der Waals surface area contributed by atoms with Crippen LogP contribution < -0.4 is 5.43 Å². The summed E-state index contributed by atoms with van der Waals surface area (Å²) in [5.74, 6) is 0.867. The fourth-order valence-electron chi connectivity index (χ4n) is 2.50. The van der Waals surface area contributed by atoms with Crippen molar-refractivity contribution in [3.63, 3.8) is 0 Å². The smallest absolute Gasteiger partial charge is 0.281 e. The number of halogens is 1. The molecular formula is C18H11BrN4O3S. The lowest BCUT2D eigenvalue weighted by Crippen LogP contribution is -1.91. The van der Waals surface area contributed by atoms with Crippen LogP contribution in [-0.4, -0.2) is 16.1 Å². The summed E-state index contributed by atoms with van der Waals surface area (Å²) >= 11 is 4.74. The zero-order chi connectivity index (χ0) is 18.8. The molecule has 0 aliphatic heterocycles. The summed E-state index contributed by atoms with van der Waals surface area (Å²) < 4.78 is 7.37. The normalized spacial score (nSPS) is 11.3. The summed E-state index contributed by atoms with van der Waals surface area (Å²) in [6.07, 6.45) is 1.50. The van der Waals surface area contributed by atoms with E-state index >= 15 is 0 Å². The Hall–Kier alpha value is -3.04. The first kappa shape index (κ1) is 17.4. The quantitative estimate of drug-likeness (QED) is 0.244. The molecule has 0 bridgehead atoms. The second-order valence-corrected chi connectivity index (χ2v) is 7.42. The number of aromatic nitrogens is 1. The highest BCUT2D eigenvalue weighted by atomic mass is 79.9. The molecule has 0 amide bonds. The maximum absolute atomic E-state index is 11.3. The van der Waals surface area contributed by atoms with Gasteiger partial charge in [0.2, 0.25) is 5.13 Å². The molecule has 0 fully saturated rings. The van der Waals surface area contributed by atoms with Gasteiger partial charge in [-0.2, -0.15) is 5.10 Å². The summed E-state index contributed by atoms with van der Waals surface area (Å²) in [7, 11) is 0. The van der Waals surface area contributed by atoms with E-state index in [4.69, 9.17) is 4.42 Å². The molecule has 134 valence electrons. The van der Waals surface area contributed by atoms with Crippen molar-refractivity contribution < 1.29 is 9.34 Å². The molecule has 0 unspecified atom stereocenters. The number of fused-ring (bicyclic) bond motifs is 1. The van der Waals surface area contributed by atoms with E-state index in [2.05, 4.69) is 31.4 Å². The lowest BCUT2D eigenvalue weighted by molar-refractivity contribution is -0.384. The van der Waals surface area contributed by atoms with Gasteiger partial charge in [0.25, 0.3) is 5.69 Å². The maximum atomic E-state index is 11.3. The number of para-hydroxylation sites is 1. The lowest BCUT2D eigenvalue weighted by Gasteiger charge is -2.00. The SMILES string of the molecule is O=[N+]([O-])c1cc(Br)ccc1-c1ccc(/C=N\Nc2nc3ccccc3s2)o1. The number of nitro groups is 1. The standard InChI is InChI=1S/C18H11BrN4O3S/c19-11-5-7-13(15(9-11)23(24)25)16-8-6-12(26-16)10-20-22-18-21-14-3-1-2-4-17(14)27-18/h1-10H,(H,21,22)/b20-10-. The van der Waals surface area contributed by atoms with E-state index in [0.29, 0.717) is 26.7 Å². The van der Waals surface area contributed by atoms with E-state index in [0.717, 1.165) is 10.2 Å². The van der Waals surface area contributed by atoms with Gasteiger partial charge in [0.15, 0.2) is 0 Å². The summed E-state index contributed by atoms with van der Waals surface area (Å²) in [6, 6.07) is 16.0. The Kier molecular flexibility index (Phi) is 4.69. The number of hydrogen-bond acceptors (Lipinski definition) is 7. The van der Waals surface area contributed by atoms with Gasteiger partial charge in [-0.25, -0.2) is 4.98 Å². The molecule has 2 aromatic carbocycles. The van der Waals surface area contributed by atoms with Crippen molar-refractivity contribution in [3.8, 4) is 11.3 Å². The zero-order valence-corrected chi connectivity index (χ0v) is 16.0. The number of rotatable bonds is 5. The molecule has 4 rings (SSSR count). The number of nitrogens with zero attached hydrogens (tertiary/aromatic N) is 3. The van der Waals surface area contributed by atoms with E-state index in [1.807, 2.05) is 24.3 Å². The molecule has 0 spiro atoms.